The molecule has 0 radical (unpaired) electrons. The average Bonchev–Trinajstić information content (AvgIpc) is 3.31. The van der Waals surface area contributed by atoms with Crippen molar-refractivity contribution < 1.29 is 17.6 Å². The van der Waals surface area contributed by atoms with Crippen LogP contribution in [0, 0.1) is 5.82 Å². The summed E-state index contributed by atoms with van der Waals surface area (Å²) in [4.78, 5) is 14.8. The minimum atomic E-state index is -3.78. The fourth-order valence-electron chi connectivity index (χ4n) is 4.06. The minimum Gasteiger partial charge on any atom is -0.369 e. The Labute approximate surface area is 201 Å². The largest absolute Gasteiger partial charge is 0.369 e. The van der Waals surface area contributed by atoms with Gasteiger partial charge in [0, 0.05) is 43.6 Å². The first-order valence-corrected chi connectivity index (χ1v) is 12.5. The van der Waals surface area contributed by atoms with Gasteiger partial charge in [-0.1, -0.05) is 12.1 Å². The van der Waals surface area contributed by atoms with Crippen LogP contribution >= 0.6 is 0 Å². The predicted octanol–water partition coefficient (Wildman–Crippen LogP) is 2.31. The van der Waals surface area contributed by atoms with Gasteiger partial charge in [-0.3, -0.25) is 9.20 Å². The van der Waals surface area contributed by atoms with E-state index in [4.69, 9.17) is 0 Å². The van der Waals surface area contributed by atoms with E-state index in [1.165, 1.54) is 28.6 Å². The van der Waals surface area contributed by atoms with Crippen molar-refractivity contribution in [1.29, 1.82) is 0 Å². The van der Waals surface area contributed by atoms with E-state index in [1.807, 2.05) is 23.1 Å². The quantitative estimate of drug-likeness (QED) is 0.442. The summed E-state index contributed by atoms with van der Waals surface area (Å²) in [6.07, 6.45) is 1.81. The second-order valence-corrected chi connectivity index (χ2v) is 10.1. The molecule has 0 saturated carbocycles. The van der Waals surface area contributed by atoms with Gasteiger partial charge in [0.05, 0.1) is 11.4 Å². The lowest BCUT2D eigenvalue weighted by molar-refractivity contribution is 0.0949. The van der Waals surface area contributed by atoms with Crippen LogP contribution in [0.25, 0.3) is 5.65 Å². The fraction of sp³-hybridized carbons (Fsp3) is 0.208. The van der Waals surface area contributed by atoms with Crippen molar-refractivity contribution in [2.45, 2.75) is 11.4 Å². The molecule has 5 rings (SSSR count). The second kappa shape index (κ2) is 9.43. The van der Waals surface area contributed by atoms with Gasteiger partial charge in [0.2, 0.25) is 10.0 Å². The Kier molecular flexibility index (Phi) is 6.18. The maximum absolute atomic E-state index is 13.2. The molecular formula is C24H23FN6O3S. The van der Waals surface area contributed by atoms with Gasteiger partial charge < -0.3 is 10.2 Å². The lowest BCUT2D eigenvalue weighted by Gasteiger charge is -2.35. The van der Waals surface area contributed by atoms with E-state index >= 15 is 0 Å². The number of hydrogen-bond donors (Lipinski definition) is 1. The zero-order valence-corrected chi connectivity index (χ0v) is 19.5. The van der Waals surface area contributed by atoms with Crippen molar-refractivity contribution >= 4 is 27.3 Å². The number of anilines is 1. The fourth-order valence-corrected chi connectivity index (χ4v) is 5.53. The molecule has 1 fully saturated rings. The van der Waals surface area contributed by atoms with Gasteiger partial charge in [0.25, 0.3) is 5.91 Å². The number of aromatic nitrogens is 3. The SMILES string of the molecule is O=C(NCc1nnc2ccccn12)c1cccc(S(=O)(=O)N2CCN(c3ccc(F)cc3)CC2)c1. The maximum Gasteiger partial charge on any atom is 0.251 e. The van der Waals surface area contributed by atoms with Gasteiger partial charge in [0.1, 0.15) is 5.82 Å². The predicted molar refractivity (Wildman–Crippen MR) is 128 cm³/mol. The van der Waals surface area contributed by atoms with Crippen LogP contribution in [-0.4, -0.2) is 59.4 Å². The van der Waals surface area contributed by atoms with Crippen LogP contribution in [-0.2, 0) is 16.6 Å². The molecule has 0 aliphatic carbocycles. The second-order valence-electron chi connectivity index (χ2n) is 8.12. The van der Waals surface area contributed by atoms with Gasteiger partial charge >= 0.3 is 0 Å². The first kappa shape index (κ1) is 22.9. The number of fused-ring (bicyclic) bond motifs is 1. The Bertz CT molecular complexity index is 1460. The summed E-state index contributed by atoms with van der Waals surface area (Å²) in [5, 5.41) is 10.9. The Morgan fingerprint density at radius 3 is 2.49 bits per heavy atom. The van der Waals surface area contributed by atoms with Gasteiger partial charge in [-0.25, -0.2) is 12.8 Å². The summed E-state index contributed by atoms with van der Waals surface area (Å²) in [6, 6.07) is 17.7. The van der Waals surface area contributed by atoms with E-state index in [1.54, 1.807) is 34.9 Å². The van der Waals surface area contributed by atoms with Crippen molar-refractivity contribution in [3.05, 3.63) is 90.1 Å². The highest BCUT2D eigenvalue weighted by Gasteiger charge is 2.29. The third-order valence-electron chi connectivity index (χ3n) is 5.96. The van der Waals surface area contributed by atoms with Crippen molar-refractivity contribution in [3.8, 4) is 0 Å². The number of benzene rings is 2. The van der Waals surface area contributed by atoms with Crippen LogP contribution in [0.3, 0.4) is 0 Å². The molecule has 0 spiro atoms. The van der Waals surface area contributed by atoms with E-state index in [0.29, 0.717) is 24.6 Å². The number of carbonyl (C=O) groups is 1. The molecule has 3 heterocycles. The molecular weight excluding hydrogens is 471 g/mol. The van der Waals surface area contributed by atoms with E-state index < -0.39 is 15.9 Å². The third kappa shape index (κ3) is 4.73. The Hall–Kier alpha value is -3.83. The molecule has 1 saturated heterocycles. The molecule has 2 aromatic carbocycles. The molecule has 0 unspecified atom stereocenters. The molecule has 0 atom stereocenters. The number of carbonyl (C=O) groups excluding carboxylic acids is 1. The molecule has 11 heteroatoms. The monoisotopic (exact) mass is 494 g/mol. The van der Waals surface area contributed by atoms with Crippen LogP contribution in [0.1, 0.15) is 16.2 Å². The van der Waals surface area contributed by atoms with Gasteiger partial charge in [-0.05, 0) is 54.6 Å². The highest BCUT2D eigenvalue weighted by molar-refractivity contribution is 7.89. The zero-order valence-electron chi connectivity index (χ0n) is 18.7. The lowest BCUT2D eigenvalue weighted by Crippen LogP contribution is -2.48. The highest BCUT2D eigenvalue weighted by Crippen LogP contribution is 2.22. The average molecular weight is 495 g/mol. The van der Waals surface area contributed by atoms with Crippen LogP contribution in [0.2, 0.25) is 0 Å². The standard InChI is InChI=1S/C24H23FN6O3S/c25-19-7-9-20(10-8-19)29-12-14-30(15-13-29)35(33,34)21-5-3-4-18(16-21)24(32)26-17-23-28-27-22-6-1-2-11-31(22)23/h1-11,16H,12-15,17H2,(H,26,32). The molecule has 1 amide bonds. The minimum absolute atomic E-state index is 0.0632. The number of hydrogen-bond acceptors (Lipinski definition) is 6. The van der Waals surface area contributed by atoms with Crippen LogP contribution in [0.5, 0.6) is 0 Å². The smallest absolute Gasteiger partial charge is 0.251 e. The summed E-state index contributed by atoms with van der Waals surface area (Å²) in [5.74, 6) is -0.152. The van der Waals surface area contributed by atoms with E-state index in [2.05, 4.69) is 15.5 Å². The highest BCUT2D eigenvalue weighted by atomic mass is 32.2. The van der Waals surface area contributed by atoms with Gasteiger partial charge in [0.15, 0.2) is 11.5 Å². The molecule has 1 aliphatic heterocycles. The number of nitrogens with zero attached hydrogens (tertiary/aromatic N) is 5. The maximum atomic E-state index is 13.2. The van der Waals surface area contributed by atoms with Gasteiger partial charge in [-0.2, -0.15) is 4.31 Å². The van der Waals surface area contributed by atoms with Crippen molar-refractivity contribution in [2.75, 3.05) is 31.1 Å². The van der Waals surface area contributed by atoms with E-state index in [0.717, 1.165) is 5.69 Å². The third-order valence-corrected chi connectivity index (χ3v) is 7.85. The van der Waals surface area contributed by atoms with E-state index in [9.17, 15) is 17.6 Å². The molecule has 2 aromatic heterocycles. The molecule has 35 heavy (non-hydrogen) atoms. The topological polar surface area (TPSA) is 99.9 Å². The summed E-state index contributed by atoms with van der Waals surface area (Å²) >= 11 is 0. The number of nitrogens with one attached hydrogen (secondary N) is 1. The molecule has 1 N–H and O–H groups in total. The first-order valence-electron chi connectivity index (χ1n) is 11.1. The van der Waals surface area contributed by atoms with E-state index in [-0.39, 0.29) is 35.9 Å². The Morgan fingerprint density at radius 1 is 0.943 bits per heavy atom. The van der Waals surface area contributed by atoms with Crippen LogP contribution in [0.15, 0.2) is 77.8 Å². The Balaban J connectivity index is 1.25. The van der Waals surface area contributed by atoms with Gasteiger partial charge in [-0.15, -0.1) is 10.2 Å². The van der Waals surface area contributed by atoms with Crippen LogP contribution < -0.4 is 10.2 Å². The molecule has 0 bridgehead atoms. The number of rotatable bonds is 6. The first-order chi connectivity index (χ1) is 16.9. The molecule has 4 aromatic rings. The number of piperazine rings is 1. The number of amides is 1. The number of halogens is 1. The summed E-state index contributed by atoms with van der Waals surface area (Å²) < 4.78 is 42.9. The molecule has 9 nitrogen and oxygen atoms in total. The van der Waals surface area contributed by atoms with Crippen LogP contribution in [0.4, 0.5) is 10.1 Å². The molecule has 1 aliphatic rings. The number of sulfonamides is 1. The zero-order chi connectivity index (χ0) is 24.4. The lowest BCUT2D eigenvalue weighted by atomic mass is 10.2. The van der Waals surface area contributed by atoms with Crippen molar-refractivity contribution in [3.63, 3.8) is 0 Å². The van der Waals surface area contributed by atoms with Crippen molar-refractivity contribution in [2.24, 2.45) is 0 Å². The Morgan fingerprint density at radius 2 is 1.71 bits per heavy atom. The molecule has 180 valence electrons. The summed E-state index contributed by atoms with van der Waals surface area (Å²) in [5.41, 5.74) is 1.76. The summed E-state index contributed by atoms with van der Waals surface area (Å²) in [6.45, 7) is 1.69. The number of pyridine rings is 1. The normalized spacial score (nSPS) is 14.8. The summed E-state index contributed by atoms with van der Waals surface area (Å²) in [7, 11) is -3.78. The van der Waals surface area contributed by atoms with Crippen molar-refractivity contribution in [1.82, 2.24) is 24.2 Å².